The molecule has 186 valence electrons. The van der Waals surface area contributed by atoms with Crippen LogP contribution in [0.15, 0.2) is 88.8 Å². The Labute approximate surface area is 206 Å². The molecule has 0 atom stereocenters. The van der Waals surface area contributed by atoms with Crippen molar-refractivity contribution in [1.82, 2.24) is 20.3 Å². The summed E-state index contributed by atoms with van der Waals surface area (Å²) in [6, 6.07) is 11.6. The van der Waals surface area contributed by atoms with Crippen molar-refractivity contribution in [2.45, 2.75) is 19.1 Å². The average Bonchev–Trinajstić information content (AvgIpc) is 2.92. The molecule has 0 amide bonds. The van der Waals surface area contributed by atoms with E-state index in [-0.39, 0.29) is 0 Å². The third-order valence-corrected chi connectivity index (χ3v) is 6.00. The normalized spacial score (nSPS) is 20.3. The van der Waals surface area contributed by atoms with Gasteiger partial charge < -0.3 is 15.0 Å². The van der Waals surface area contributed by atoms with E-state index in [4.69, 9.17) is 4.74 Å². The van der Waals surface area contributed by atoms with Crippen molar-refractivity contribution in [2.75, 3.05) is 31.6 Å². The highest BCUT2D eigenvalue weighted by atomic mass is 19.4. The maximum absolute atomic E-state index is 13.4. The molecule has 1 fully saturated rings. The fourth-order valence-electron chi connectivity index (χ4n) is 4.14. The summed E-state index contributed by atoms with van der Waals surface area (Å²) in [7, 11) is 0. The number of allylic oxidation sites excluding steroid dienone is 6. The van der Waals surface area contributed by atoms with Gasteiger partial charge in [0.2, 0.25) is 5.95 Å². The summed E-state index contributed by atoms with van der Waals surface area (Å²) in [5, 5.41) is 7.70. The minimum Gasteiger partial charge on any atom is -0.378 e. The molecule has 5 rings (SSSR count). The number of benzene rings is 1. The number of nitrogens with one attached hydrogen (secondary N) is 2. The Kier molecular flexibility index (Phi) is 6.86. The van der Waals surface area contributed by atoms with Crippen molar-refractivity contribution in [2.24, 2.45) is 5.10 Å². The molecule has 1 aliphatic carbocycles. The maximum atomic E-state index is 13.4. The molecule has 0 bridgehead atoms. The number of alkyl halides is 3. The van der Waals surface area contributed by atoms with E-state index in [1.165, 1.54) is 12.2 Å². The van der Waals surface area contributed by atoms with Crippen molar-refractivity contribution in [3.8, 4) is 0 Å². The minimum absolute atomic E-state index is 0.339. The van der Waals surface area contributed by atoms with Gasteiger partial charge >= 0.3 is 6.18 Å². The Bertz CT molecular complexity index is 1260. The lowest BCUT2D eigenvalue weighted by Crippen LogP contribution is -2.42. The molecule has 3 heterocycles. The molecule has 0 saturated carbocycles. The van der Waals surface area contributed by atoms with Crippen molar-refractivity contribution >= 4 is 17.4 Å². The number of hydrogen-bond acceptors (Lipinski definition) is 7. The van der Waals surface area contributed by atoms with Gasteiger partial charge in [0.1, 0.15) is 5.84 Å². The zero-order valence-electron chi connectivity index (χ0n) is 19.4. The Morgan fingerprint density at radius 3 is 2.64 bits per heavy atom. The second kappa shape index (κ2) is 10.4. The molecule has 1 saturated heterocycles. The quantitative estimate of drug-likeness (QED) is 0.656. The van der Waals surface area contributed by atoms with Crippen LogP contribution in [-0.4, -0.2) is 53.2 Å². The van der Waals surface area contributed by atoms with E-state index in [2.05, 4.69) is 30.7 Å². The van der Waals surface area contributed by atoms with E-state index in [1.807, 2.05) is 36.4 Å². The number of nitrogens with zero attached hydrogens (tertiary/aromatic N) is 4. The van der Waals surface area contributed by atoms with Gasteiger partial charge in [-0.15, -0.1) is 0 Å². The molecule has 7 nitrogen and oxygen atoms in total. The fraction of sp³-hybridized carbons (Fsp3) is 0.269. The highest BCUT2D eigenvalue weighted by Gasteiger charge is 2.33. The van der Waals surface area contributed by atoms with Gasteiger partial charge in [-0.25, -0.2) is 9.97 Å². The predicted molar refractivity (Wildman–Crippen MR) is 132 cm³/mol. The summed E-state index contributed by atoms with van der Waals surface area (Å²) >= 11 is 0. The number of rotatable bonds is 4. The Balaban J connectivity index is 1.50. The number of ether oxygens (including phenoxy) is 1. The summed E-state index contributed by atoms with van der Waals surface area (Å²) in [6.45, 7) is 3.05. The van der Waals surface area contributed by atoms with E-state index in [0.29, 0.717) is 73.6 Å². The Morgan fingerprint density at radius 1 is 1.06 bits per heavy atom. The third kappa shape index (κ3) is 5.49. The summed E-state index contributed by atoms with van der Waals surface area (Å²) in [6.07, 6.45) is 3.19. The standard InChI is InChI=1S/C26H25F3N6O/c27-26(28,29)20-8-4-7-19(15-20)24-21(16-23(33-34-24)35-11-13-36-14-12-35)22-9-10-30-25(32-22)31-17-18-5-2-1-3-6-18/h1-6,8-10,15-16,34H,7,11-14,17H2,(H,30,31,32). The smallest absolute Gasteiger partial charge is 0.378 e. The first-order valence-electron chi connectivity index (χ1n) is 11.7. The van der Waals surface area contributed by atoms with Gasteiger partial charge in [0, 0.05) is 31.4 Å². The molecule has 2 N–H and O–H groups in total. The summed E-state index contributed by atoms with van der Waals surface area (Å²) < 4.78 is 45.7. The molecule has 10 heteroatoms. The summed E-state index contributed by atoms with van der Waals surface area (Å²) in [4.78, 5) is 11.1. The molecular formula is C26H25F3N6O. The second-order valence-electron chi connectivity index (χ2n) is 8.45. The molecule has 3 aliphatic rings. The van der Waals surface area contributed by atoms with Crippen LogP contribution in [0.5, 0.6) is 0 Å². The van der Waals surface area contributed by atoms with E-state index in [0.717, 1.165) is 11.6 Å². The van der Waals surface area contributed by atoms with Crippen molar-refractivity contribution in [3.05, 3.63) is 95.0 Å². The van der Waals surface area contributed by atoms with E-state index >= 15 is 0 Å². The molecule has 0 unspecified atom stereocenters. The largest absolute Gasteiger partial charge is 0.416 e. The average molecular weight is 495 g/mol. The lowest BCUT2D eigenvalue weighted by atomic mass is 9.94. The monoisotopic (exact) mass is 494 g/mol. The number of hydrogen-bond donors (Lipinski definition) is 2. The minimum atomic E-state index is -4.44. The van der Waals surface area contributed by atoms with Gasteiger partial charge in [-0.3, -0.25) is 5.43 Å². The highest BCUT2D eigenvalue weighted by molar-refractivity contribution is 6.03. The second-order valence-corrected chi connectivity index (χ2v) is 8.45. The molecule has 1 aromatic heterocycles. The van der Waals surface area contributed by atoms with Gasteiger partial charge in [0.05, 0.1) is 30.2 Å². The number of anilines is 1. The lowest BCUT2D eigenvalue weighted by molar-refractivity contribution is -0.0883. The maximum Gasteiger partial charge on any atom is 0.416 e. The molecule has 36 heavy (non-hydrogen) atoms. The topological polar surface area (TPSA) is 74.7 Å². The summed E-state index contributed by atoms with van der Waals surface area (Å²) in [5.41, 5.74) is 5.61. The van der Waals surface area contributed by atoms with Crippen LogP contribution in [0.1, 0.15) is 17.7 Å². The molecule has 2 aliphatic heterocycles. The van der Waals surface area contributed by atoms with Crippen LogP contribution in [0.4, 0.5) is 19.1 Å². The van der Waals surface area contributed by atoms with Crippen LogP contribution < -0.4 is 10.7 Å². The predicted octanol–water partition coefficient (Wildman–Crippen LogP) is 4.42. The van der Waals surface area contributed by atoms with E-state index < -0.39 is 11.7 Å². The lowest BCUT2D eigenvalue weighted by Gasteiger charge is -2.31. The molecular weight excluding hydrogens is 469 g/mol. The third-order valence-electron chi connectivity index (χ3n) is 6.00. The van der Waals surface area contributed by atoms with Crippen LogP contribution in [-0.2, 0) is 11.3 Å². The Hall–Kier alpha value is -3.92. The first-order chi connectivity index (χ1) is 17.5. The number of halogens is 3. The van der Waals surface area contributed by atoms with E-state index in [9.17, 15) is 13.2 Å². The van der Waals surface area contributed by atoms with Crippen molar-refractivity contribution < 1.29 is 17.9 Å². The van der Waals surface area contributed by atoms with Crippen molar-refractivity contribution in [1.29, 1.82) is 0 Å². The van der Waals surface area contributed by atoms with Crippen LogP contribution in [0.25, 0.3) is 5.57 Å². The van der Waals surface area contributed by atoms with Gasteiger partial charge in [-0.05, 0) is 35.8 Å². The van der Waals surface area contributed by atoms with Crippen LogP contribution >= 0.6 is 0 Å². The van der Waals surface area contributed by atoms with Crippen LogP contribution in [0, 0.1) is 0 Å². The SMILES string of the molecule is FC(F)(F)C1=CC(=C2NN=C(N3CCOCC3)C=C2c2ccnc(NCc3ccccc3)n2)CC=C1. The zero-order valence-corrected chi connectivity index (χ0v) is 19.4. The highest BCUT2D eigenvalue weighted by Crippen LogP contribution is 2.35. The van der Waals surface area contributed by atoms with E-state index in [1.54, 1.807) is 12.3 Å². The van der Waals surface area contributed by atoms with Crippen molar-refractivity contribution in [3.63, 3.8) is 0 Å². The number of hydrazone groups is 1. The van der Waals surface area contributed by atoms with Gasteiger partial charge in [0.25, 0.3) is 0 Å². The van der Waals surface area contributed by atoms with Gasteiger partial charge in [-0.1, -0.05) is 42.5 Å². The molecule has 1 aromatic carbocycles. The molecule has 0 spiro atoms. The molecule has 2 aromatic rings. The van der Waals surface area contributed by atoms with Gasteiger partial charge in [0.15, 0.2) is 0 Å². The Morgan fingerprint density at radius 2 is 1.86 bits per heavy atom. The molecule has 0 radical (unpaired) electrons. The fourth-order valence-corrected chi connectivity index (χ4v) is 4.14. The zero-order chi connectivity index (χ0) is 25.0. The first-order valence-corrected chi connectivity index (χ1v) is 11.7. The van der Waals surface area contributed by atoms with Crippen LogP contribution in [0.2, 0.25) is 0 Å². The van der Waals surface area contributed by atoms with Gasteiger partial charge in [-0.2, -0.15) is 18.3 Å². The summed E-state index contributed by atoms with van der Waals surface area (Å²) in [5.74, 6) is 1.11. The number of aromatic nitrogens is 2. The number of amidine groups is 1. The number of morpholine rings is 1. The first kappa shape index (κ1) is 23.8. The van der Waals surface area contributed by atoms with Crippen LogP contribution in [0.3, 0.4) is 0 Å².